The van der Waals surface area contributed by atoms with Crippen molar-refractivity contribution in [2.24, 2.45) is 0 Å². The lowest BCUT2D eigenvalue weighted by Crippen LogP contribution is -2.17. The maximum atomic E-state index is 11.1. The Hall–Kier alpha value is -2.31. The molecular weight excluding hydrogens is 200 g/mol. The SMILES string of the molecule is Nc1ccc(Cn2oc(=O)[nH]c2=O)cn1. The second kappa shape index (κ2) is 3.45. The lowest BCUT2D eigenvalue weighted by Gasteiger charge is -1.98. The van der Waals surface area contributed by atoms with Crippen LogP contribution < -0.4 is 17.2 Å². The molecule has 2 rings (SSSR count). The van der Waals surface area contributed by atoms with E-state index in [4.69, 9.17) is 5.73 Å². The molecule has 0 saturated heterocycles. The van der Waals surface area contributed by atoms with Gasteiger partial charge in [-0.2, -0.15) is 0 Å². The fourth-order valence-corrected chi connectivity index (χ4v) is 1.11. The topological polar surface area (TPSA) is 107 Å². The number of nitrogen functional groups attached to an aromatic ring is 1. The van der Waals surface area contributed by atoms with Crippen LogP contribution in [0, 0.1) is 0 Å². The van der Waals surface area contributed by atoms with Crippen LogP contribution in [-0.4, -0.2) is 14.7 Å². The summed E-state index contributed by atoms with van der Waals surface area (Å²) in [6.07, 6.45) is 1.51. The minimum absolute atomic E-state index is 0.144. The Bertz CT molecular complexity index is 563. The molecule has 2 heterocycles. The molecule has 15 heavy (non-hydrogen) atoms. The molecule has 7 heteroatoms. The largest absolute Gasteiger partial charge is 0.440 e. The smallest absolute Gasteiger partial charge is 0.384 e. The minimum Gasteiger partial charge on any atom is -0.384 e. The van der Waals surface area contributed by atoms with Gasteiger partial charge in [0.15, 0.2) is 0 Å². The van der Waals surface area contributed by atoms with Crippen LogP contribution in [0.2, 0.25) is 0 Å². The van der Waals surface area contributed by atoms with Crippen LogP contribution in [0.25, 0.3) is 0 Å². The van der Waals surface area contributed by atoms with E-state index in [0.717, 1.165) is 4.74 Å². The lowest BCUT2D eigenvalue weighted by atomic mass is 10.3. The van der Waals surface area contributed by atoms with Crippen LogP contribution in [0.5, 0.6) is 0 Å². The van der Waals surface area contributed by atoms with Crippen molar-refractivity contribution in [2.45, 2.75) is 6.54 Å². The number of rotatable bonds is 2. The summed E-state index contributed by atoms with van der Waals surface area (Å²) in [5.74, 6) is -0.384. The first kappa shape index (κ1) is 9.25. The van der Waals surface area contributed by atoms with Gasteiger partial charge in [0, 0.05) is 6.20 Å². The molecule has 0 aliphatic heterocycles. The van der Waals surface area contributed by atoms with Crippen molar-refractivity contribution < 1.29 is 4.52 Å². The summed E-state index contributed by atoms with van der Waals surface area (Å²) in [5.41, 5.74) is 5.53. The molecule has 2 aromatic rings. The average molecular weight is 208 g/mol. The molecule has 2 aromatic heterocycles. The molecule has 0 saturated carbocycles. The number of aromatic amines is 1. The zero-order valence-electron chi connectivity index (χ0n) is 7.64. The zero-order chi connectivity index (χ0) is 10.8. The quantitative estimate of drug-likeness (QED) is 0.668. The molecule has 0 unspecified atom stereocenters. The highest BCUT2D eigenvalue weighted by atomic mass is 16.5. The number of anilines is 1. The number of hydrogen-bond acceptors (Lipinski definition) is 5. The third-order valence-electron chi connectivity index (χ3n) is 1.80. The molecule has 0 aliphatic carbocycles. The van der Waals surface area contributed by atoms with Crippen LogP contribution >= 0.6 is 0 Å². The number of pyridine rings is 1. The van der Waals surface area contributed by atoms with E-state index in [2.05, 4.69) is 9.51 Å². The van der Waals surface area contributed by atoms with Gasteiger partial charge in [-0.15, -0.1) is 4.74 Å². The van der Waals surface area contributed by atoms with Crippen LogP contribution in [0.15, 0.2) is 32.4 Å². The van der Waals surface area contributed by atoms with Gasteiger partial charge in [-0.25, -0.2) is 19.6 Å². The predicted molar refractivity (Wildman–Crippen MR) is 51.3 cm³/mol. The molecule has 0 amide bonds. The van der Waals surface area contributed by atoms with E-state index >= 15 is 0 Å². The number of nitrogens with zero attached hydrogens (tertiary/aromatic N) is 2. The van der Waals surface area contributed by atoms with Crippen molar-refractivity contribution in [1.29, 1.82) is 0 Å². The van der Waals surface area contributed by atoms with Gasteiger partial charge >= 0.3 is 11.4 Å². The van der Waals surface area contributed by atoms with Gasteiger partial charge in [0.2, 0.25) is 0 Å². The normalized spacial score (nSPS) is 10.4. The summed E-state index contributed by atoms with van der Waals surface area (Å²) in [6, 6.07) is 3.30. The molecule has 7 nitrogen and oxygen atoms in total. The molecule has 78 valence electrons. The summed E-state index contributed by atoms with van der Waals surface area (Å²) in [4.78, 5) is 27.6. The highest BCUT2D eigenvalue weighted by Gasteiger charge is 2.03. The lowest BCUT2D eigenvalue weighted by molar-refractivity contribution is 0.258. The highest BCUT2D eigenvalue weighted by molar-refractivity contribution is 5.29. The van der Waals surface area contributed by atoms with E-state index in [9.17, 15) is 9.59 Å². The van der Waals surface area contributed by atoms with Gasteiger partial charge in [-0.1, -0.05) is 6.07 Å². The van der Waals surface area contributed by atoms with Crippen molar-refractivity contribution in [3.8, 4) is 0 Å². The van der Waals surface area contributed by atoms with Crippen LogP contribution in [0.1, 0.15) is 5.56 Å². The van der Waals surface area contributed by atoms with E-state index in [0.29, 0.717) is 11.4 Å². The second-order valence-electron chi connectivity index (χ2n) is 2.94. The van der Waals surface area contributed by atoms with E-state index in [1.165, 1.54) is 6.20 Å². The summed E-state index contributed by atoms with van der Waals surface area (Å²) >= 11 is 0. The van der Waals surface area contributed by atoms with E-state index in [1.54, 1.807) is 12.1 Å². The number of nitrogens with two attached hydrogens (primary N) is 1. The summed E-state index contributed by atoms with van der Waals surface area (Å²) in [6.45, 7) is 0.144. The number of nitrogens with one attached hydrogen (secondary N) is 1. The molecule has 0 radical (unpaired) electrons. The number of H-pyrrole nitrogens is 1. The average Bonchev–Trinajstić information content (AvgIpc) is 2.49. The number of hydrogen-bond donors (Lipinski definition) is 2. The van der Waals surface area contributed by atoms with Crippen molar-refractivity contribution in [3.63, 3.8) is 0 Å². The minimum atomic E-state index is -0.775. The van der Waals surface area contributed by atoms with Crippen LogP contribution in [-0.2, 0) is 6.54 Å². The molecule has 0 bridgehead atoms. The Balaban J connectivity index is 2.29. The predicted octanol–water partition coefficient (Wildman–Crippen LogP) is -0.845. The van der Waals surface area contributed by atoms with Crippen LogP contribution in [0.4, 0.5) is 5.82 Å². The fourth-order valence-electron chi connectivity index (χ4n) is 1.11. The summed E-state index contributed by atoms with van der Waals surface area (Å²) < 4.78 is 5.49. The first-order valence-corrected chi connectivity index (χ1v) is 4.16. The Morgan fingerprint density at radius 2 is 2.27 bits per heavy atom. The van der Waals surface area contributed by atoms with Gasteiger partial charge in [0.05, 0.1) is 6.54 Å². The third-order valence-corrected chi connectivity index (χ3v) is 1.80. The van der Waals surface area contributed by atoms with E-state index in [-0.39, 0.29) is 6.54 Å². The molecule has 0 aliphatic rings. The van der Waals surface area contributed by atoms with Gasteiger partial charge in [-0.3, -0.25) is 0 Å². The third kappa shape index (κ3) is 1.96. The monoisotopic (exact) mass is 208 g/mol. The molecule has 0 aromatic carbocycles. The van der Waals surface area contributed by atoms with Gasteiger partial charge < -0.3 is 10.3 Å². The summed E-state index contributed by atoms with van der Waals surface area (Å²) in [7, 11) is 0. The molecular formula is C8H8N4O3. The Kier molecular flexibility index (Phi) is 2.13. The maximum Gasteiger partial charge on any atom is 0.440 e. The first-order chi connectivity index (χ1) is 7.15. The Morgan fingerprint density at radius 3 is 2.80 bits per heavy atom. The summed E-state index contributed by atoms with van der Waals surface area (Å²) in [5, 5.41) is 0. The van der Waals surface area contributed by atoms with Gasteiger partial charge in [-0.05, 0) is 11.6 Å². The van der Waals surface area contributed by atoms with Crippen molar-refractivity contribution in [2.75, 3.05) is 5.73 Å². The van der Waals surface area contributed by atoms with Gasteiger partial charge in [0.25, 0.3) is 0 Å². The molecule has 0 fully saturated rings. The van der Waals surface area contributed by atoms with Crippen molar-refractivity contribution in [3.05, 3.63) is 44.9 Å². The zero-order valence-corrected chi connectivity index (χ0v) is 7.64. The van der Waals surface area contributed by atoms with Crippen LogP contribution in [0.3, 0.4) is 0 Å². The maximum absolute atomic E-state index is 11.1. The molecule has 3 N–H and O–H groups in total. The fraction of sp³-hybridized carbons (Fsp3) is 0.125. The van der Waals surface area contributed by atoms with E-state index < -0.39 is 11.4 Å². The van der Waals surface area contributed by atoms with Crippen molar-refractivity contribution >= 4 is 5.82 Å². The Labute approximate surface area is 83.1 Å². The highest BCUT2D eigenvalue weighted by Crippen LogP contribution is 2.01. The Morgan fingerprint density at radius 1 is 1.47 bits per heavy atom. The standard InChI is InChI=1S/C8H8N4O3/c9-6-2-1-5(3-10-6)4-12-7(13)11-8(14)15-12/h1-3H,4H2,(H2,9,10)(H,11,13,14). The first-order valence-electron chi connectivity index (χ1n) is 4.16. The molecule has 0 spiro atoms. The van der Waals surface area contributed by atoms with E-state index in [1.807, 2.05) is 4.98 Å². The molecule has 0 atom stereocenters. The van der Waals surface area contributed by atoms with Crippen molar-refractivity contribution in [1.82, 2.24) is 14.7 Å². The van der Waals surface area contributed by atoms with Gasteiger partial charge in [0.1, 0.15) is 5.82 Å². The second-order valence-corrected chi connectivity index (χ2v) is 2.94. The number of aromatic nitrogens is 3.